The summed E-state index contributed by atoms with van der Waals surface area (Å²) >= 11 is -0.0690. The maximum absolute atomic E-state index is 9.95. The van der Waals surface area contributed by atoms with Crippen LogP contribution in [0.15, 0.2) is 140 Å². The Morgan fingerprint density at radius 3 is 2.29 bits per heavy atom. The molecule has 0 spiro atoms. The van der Waals surface area contributed by atoms with Gasteiger partial charge in [-0.1, -0.05) is 85.5 Å². The van der Waals surface area contributed by atoms with Gasteiger partial charge in [-0.25, -0.2) is 4.98 Å². The number of nitrogens with zero attached hydrogens (tertiary/aromatic N) is 4. The summed E-state index contributed by atoms with van der Waals surface area (Å²) in [5, 5.41) is 14.7. The average molecular weight is 1080 g/mol. The van der Waals surface area contributed by atoms with E-state index in [1.165, 1.54) is 58.5 Å². The van der Waals surface area contributed by atoms with Crippen molar-refractivity contribution in [3.63, 3.8) is 0 Å². The number of benzene rings is 6. The second-order valence-corrected chi connectivity index (χ2v) is 30.2. The summed E-state index contributed by atoms with van der Waals surface area (Å²) in [6, 6.07) is 51.8. The summed E-state index contributed by atoms with van der Waals surface area (Å²) in [4.78, 5) is 15.6. The van der Waals surface area contributed by atoms with Gasteiger partial charge in [-0.2, -0.15) is 11.3 Å². The number of imidazole rings is 1. The van der Waals surface area contributed by atoms with E-state index in [2.05, 4.69) is 162 Å². The zero-order valence-corrected chi connectivity index (χ0v) is 42.1. The van der Waals surface area contributed by atoms with Gasteiger partial charge in [0, 0.05) is 42.8 Å². The van der Waals surface area contributed by atoms with Crippen LogP contribution < -0.4 is 4.40 Å². The van der Waals surface area contributed by atoms with Crippen LogP contribution in [-0.2, 0) is 31.1 Å². The smallest absolute Gasteiger partial charge is 0.113 e. The molecule has 0 aliphatic heterocycles. The first-order chi connectivity index (χ1) is 29.7. The molecule has 6 aromatic carbocycles. The predicted molar refractivity (Wildman–Crippen MR) is 263 cm³/mol. The molecule has 0 atom stereocenters. The van der Waals surface area contributed by atoms with Crippen LogP contribution in [0.4, 0.5) is 0 Å². The minimum Gasteiger partial charge on any atom is -0.332 e. The Balaban J connectivity index is 0.000000204. The van der Waals surface area contributed by atoms with Crippen molar-refractivity contribution in [2.75, 3.05) is 0 Å². The molecular formula is C55H48GeIrN4OS-2. The van der Waals surface area contributed by atoms with Crippen LogP contribution in [0, 0.1) is 19.1 Å². The average Bonchev–Trinajstić information content (AvgIpc) is 3.91. The van der Waals surface area contributed by atoms with Crippen molar-refractivity contribution in [2.45, 2.75) is 62.9 Å². The topological polar surface area (TPSA) is 63.8 Å². The molecule has 0 saturated heterocycles. The third-order valence-corrected chi connectivity index (χ3v) is 17.9. The van der Waals surface area contributed by atoms with Gasteiger partial charge in [0.05, 0.1) is 16.9 Å². The van der Waals surface area contributed by atoms with E-state index in [9.17, 15) is 5.11 Å². The maximum Gasteiger partial charge on any atom is 0.113 e. The minimum absolute atomic E-state index is 0. The van der Waals surface area contributed by atoms with E-state index in [0.29, 0.717) is 0 Å². The quantitative estimate of drug-likeness (QED) is 0.138. The molecule has 0 amide bonds. The van der Waals surface area contributed by atoms with Crippen molar-refractivity contribution in [1.82, 2.24) is 19.5 Å². The van der Waals surface area contributed by atoms with E-state index in [0.717, 1.165) is 49.8 Å². The van der Waals surface area contributed by atoms with E-state index in [-0.39, 0.29) is 25.5 Å². The van der Waals surface area contributed by atoms with E-state index in [1.807, 2.05) is 42.7 Å². The van der Waals surface area contributed by atoms with Crippen LogP contribution in [0.2, 0.25) is 17.3 Å². The SMILES string of the molecule is CC(C)(O)c1c[c-]c(-c2cc[c]([Ge]([CH3])([CH3])[CH3])cn2)cc1.Cc1cc2c(cc1-n1c(-c3[c-]ccc4c3sc3ncccc34)nc3ccc4ccccc4c31)C(C)(C)c1ccccc1-2.[Ir]. The van der Waals surface area contributed by atoms with E-state index < -0.39 is 18.9 Å². The summed E-state index contributed by atoms with van der Waals surface area (Å²) in [5.41, 5.74) is 12.7. The predicted octanol–water partition coefficient (Wildman–Crippen LogP) is 13.3. The number of aliphatic hydroxyl groups is 1. The molecule has 4 heterocycles. The van der Waals surface area contributed by atoms with Gasteiger partial charge in [0.25, 0.3) is 0 Å². The van der Waals surface area contributed by atoms with Crippen LogP contribution in [0.25, 0.3) is 81.6 Å². The third-order valence-electron chi connectivity index (χ3n) is 12.5. The van der Waals surface area contributed by atoms with Gasteiger partial charge >= 0.3 is 124 Å². The molecule has 0 fully saturated rings. The number of hydrogen-bond donors (Lipinski definition) is 1. The van der Waals surface area contributed by atoms with Gasteiger partial charge < -0.3 is 4.57 Å². The fourth-order valence-electron chi connectivity index (χ4n) is 9.03. The largest absolute Gasteiger partial charge is 0.332 e. The van der Waals surface area contributed by atoms with E-state index in [4.69, 9.17) is 4.98 Å². The Morgan fingerprint density at radius 2 is 1.54 bits per heavy atom. The molecule has 11 rings (SSSR count). The Hall–Kier alpha value is -5.28. The standard InChI is InChI=1S/C38H26N3S.C17H22GeNO.Ir/c1-22-20-29-25-12-6-7-16-30(25)38(2,3)31(29)21-33(22)41-34-24-11-5-4-10-23(24)17-18-32(34)40-36(41)28-14-8-13-26-27-15-9-19-39-37(27)42-35(26)28;1-17(2,20)14-8-6-13(7-9-14)16-11-10-15(12-19-16)18(3,4)5;/h4-13,15-21H,1-3H3;6,8-12,20H,1-5H3;/q2*-1;. The van der Waals surface area contributed by atoms with Gasteiger partial charge in [-0.15, -0.1) is 18.2 Å². The van der Waals surface area contributed by atoms with Gasteiger partial charge in [0.2, 0.25) is 0 Å². The van der Waals surface area contributed by atoms with E-state index >= 15 is 0 Å². The monoisotopic (exact) mass is 1080 g/mol. The fraction of sp³-hybridized carbons (Fsp3) is 0.182. The molecular weight excluding hydrogens is 1030 g/mol. The maximum atomic E-state index is 9.95. The summed E-state index contributed by atoms with van der Waals surface area (Å²) < 4.78 is 4.97. The molecule has 10 aromatic rings. The second-order valence-electron chi connectivity index (χ2n) is 18.6. The van der Waals surface area contributed by atoms with Crippen molar-refractivity contribution in [3.8, 4) is 39.5 Å². The van der Waals surface area contributed by atoms with Crippen molar-refractivity contribution >= 4 is 71.1 Å². The van der Waals surface area contributed by atoms with Crippen LogP contribution >= 0.6 is 11.3 Å². The summed E-state index contributed by atoms with van der Waals surface area (Å²) in [6.07, 6.45) is 3.88. The number of aromatic nitrogens is 4. The Bertz CT molecular complexity index is 3300. The van der Waals surface area contributed by atoms with Crippen molar-refractivity contribution in [2.24, 2.45) is 0 Å². The fourth-order valence-corrected chi connectivity index (χ4v) is 12.3. The normalized spacial score (nSPS) is 13.2. The van der Waals surface area contributed by atoms with Crippen molar-refractivity contribution in [1.29, 1.82) is 0 Å². The van der Waals surface area contributed by atoms with Gasteiger partial charge in [0.1, 0.15) is 4.83 Å². The molecule has 1 aliphatic rings. The van der Waals surface area contributed by atoms with Crippen molar-refractivity contribution in [3.05, 3.63) is 174 Å². The first-order valence-corrected chi connectivity index (χ1v) is 29.4. The third kappa shape index (κ3) is 7.48. The zero-order valence-electron chi connectivity index (χ0n) is 36.8. The van der Waals surface area contributed by atoms with Gasteiger partial charge in [-0.05, 0) is 74.5 Å². The summed E-state index contributed by atoms with van der Waals surface area (Å²) in [5.74, 6) is 8.00. The van der Waals surface area contributed by atoms with Crippen molar-refractivity contribution < 1.29 is 25.2 Å². The van der Waals surface area contributed by atoms with Gasteiger partial charge in [-0.3, -0.25) is 4.98 Å². The van der Waals surface area contributed by atoms with Crippen LogP contribution in [0.1, 0.15) is 49.9 Å². The van der Waals surface area contributed by atoms with Crippen LogP contribution in [-0.4, -0.2) is 37.9 Å². The van der Waals surface area contributed by atoms with Gasteiger partial charge in [0.15, 0.2) is 0 Å². The summed E-state index contributed by atoms with van der Waals surface area (Å²) in [7, 11) is 0. The number of rotatable bonds is 5. The van der Waals surface area contributed by atoms with Crippen LogP contribution in [0.3, 0.4) is 0 Å². The molecule has 63 heavy (non-hydrogen) atoms. The molecule has 1 radical (unpaired) electrons. The number of pyridine rings is 2. The first-order valence-electron chi connectivity index (χ1n) is 21.2. The van der Waals surface area contributed by atoms with Crippen LogP contribution in [0.5, 0.6) is 0 Å². The number of thiophene rings is 1. The Labute approximate surface area is 389 Å². The molecule has 8 heteroatoms. The number of hydrogen-bond acceptors (Lipinski definition) is 5. The molecule has 0 bridgehead atoms. The molecule has 0 unspecified atom stereocenters. The summed E-state index contributed by atoms with van der Waals surface area (Å²) in [6.45, 7) is 10.5. The second kappa shape index (κ2) is 16.1. The molecule has 5 nitrogen and oxygen atoms in total. The molecule has 4 aromatic heterocycles. The Morgan fingerprint density at radius 1 is 0.762 bits per heavy atom. The Kier molecular flexibility index (Phi) is 11.0. The zero-order chi connectivity index (χ0) is 43.1. The molecule has 315 valence electrons. The number of fused-ring (bicyclic) bond motifs is 9. The number of aryl methyl sites for hydroxylation is 1. The van der Waals surface area contributed by atoms with E-state index in [1.54, 1.807) is 25.2 Å². The minimum atomic E-state index is -1.79. The molecule has 0 saturated carbocycles. The first kappa shape index (κ1) is 43.0. The molecule has 1 N–H and O–H groups in total. The molecule has 1 aliphatic carbocycles.